The van der Waals surface area contributed by atoms with Gasteiger partial charge in [0.2, 0.25) is 0 Å². The molecule has 0 aliphatic carbocycles. The van der Waals surface area contributed by atoms with E-state index in [1.54, 1.807) is 12.1 Å². The summed E-state index contributed by atoms with van der Waals surface area (Å²) in [5.41, 5.74) is 6.60. The highest BCUT2D eigenvalue weighted by molar-refractivity contribution is 5.86. The zero-order valence-corrected chi connectivity index (χ0v) is 15.4. The molecule has 0 aliphatic heterocycles. The largest absolute Gasteiger partial charge is 0.410 e. The van der Waals surface area contributed by atoms with Crippen LogP contribution in [-0.4, -0.2) is 16.6 Å². The second-order valence-corrected chi connectivity index (χ2v) is 6.81. The first kappa shape index (κ1) is 19.4. The van der Waals surface area contributed by atoms with Crippen molar-refractivity contribution in [3.8, 4) is 5.75 Å². The summed E-state index contributed by atoms with van der Waals surface area (Å²) in [5, 5.41) is 4.27. The Morgan fingerprint density at radius 3 is 2.15 bits per heavy atom. The van der Waals surface area contributed by atoms with Crippen molar-refractivity contribution in [1.29, 1.82) is 0 Å². The van der Waals surface area contributed by atoms with Gasteiger partial charge in [-0.05, 0) is 32.9 Å². The average Bonchev–Trinajstić information content (AvgIpc) is 2.61. The topological polar surface area (TPSA) is 77.2 Å². The number of carbonyl (C=O) groups is 1. The Bertz CT molecular complexity index is 816. The van der Waals surface area contributed by atoms with E-state index in [1.165, 1.54) is 0 Å². The summed E-state index contributed by atoms with van der Waals surface area (Å²) in [6.07, 6.45) is -0.836. The first-order valence-corrected chi connectivity index (χ1v) is 8.46. The molecule has 2 aromatic carbocycles. The highest BCUT2D eigenvalue weighted by Crippen LogP contribution is 2.24. The Labute approximate surface area is 154 Å². The maximum absolute atomic E-state index is 10.9. The van der Waals surface area contributed by atoms with Crippen molar-refractivity contribution in [3.63, 3.8) is 0 Å². The van der Waals surface area contributed by atoms with Crippen LogP contribution in [0.25, 0.3) is 10.9 Å². The number of para-hydroxylation sites is 1. The molecule has 0 fully saturated rings. The lowest BCUT2D eigenvalue weighted by Crippen LogP contribution is -2.35. The van der Waals surface area contributed by atoms with Crippen LogP contribution < -0.4 is 15.8 Å². The van der Waals surface area contributed by atoms with Crippen LogP contribution in [0, 0.1) is 0 Å². The average molecular weight is 351 g/mol. The molecule has 0 saturated heterocycles. The zero-order chi connectivity index (χ0) is 19.0. The van der Waals surface area contributed by atoms with Gasteiger partial charge in [-0.2, -0.15) is 0 Å². The molecule has 1 aromatic heterocycles. The van der Waals surface area contributed by atoms with Gasteiger partial charge >= 0.3 is 6.09 Å². The van der Waals surface area contributed by atoms with Crippen molar-refractivity contribution in [2.75, 3.05) is 0 Å². The van der Waals surface area contributed by atoms with E-state index in [4.69, 9.17) is 10.5 Å². The van der Waals surface area contributed by atoms with E-state index in [1.807, 2.05) is 54.6 Å². The Morgan fingerprint density at radius 1 is 1.00 bits per heavy atom. The predicted octanol–water partition coefficient (Wildman–Crippen LogP) is 4.27. The fourth-order valence-corrected chi connectivity index (χ4v) is 2.19. The molecule has 1 amide bonds. The molecule has 136 valence electrons. The number of primary amides is 1. The van der Waals surface area contributed by atoms with E-state index in [0.717, 1.165) is 11.1 Å². The number of hydrogen-bond acceptors (Lipinski definition) is 4. The quantitative estimate of drug-likeness (QED) is 0.739. The van der Waals surface area contributed by atoms with Gasteiger partial charge in [0.25, 0.3) is 0 Å². The third-order valence-electron chi connectivity index (χ3n) is 3.42. The van der Waals surface area contributed by atoms with Crippen LogP contribution in [-0.2, 0) is 6.54 Å². The Balaban J connectivity index is 0.000000342. The van der Waals surface area contributed by atoms with Crippen LogP contribution in [0.2, 0.25) is 0 Å². The van der Waals surface area contributed by atoms with Gasteiger partial charge in [-0.3, -0.25) is 0 Å². The molecule has 0 radical (unpaired) electrons. The number of ether oxygens (including phenoxy) is 1. The van der Waals surface area contributed by atoms with E-state index in [2.05, 4.69) is 31.1 Å². The molecule has 1 heterocycles. The lowest BCUT2D eigenvalue weighted by atomic mass is 10.1. The van der Waals surface area contributed by atoms with Crippen molar-refractivity contribution >= 4 is 17.0 Å². The van der Waals surface area contributed by atoms with Crippen molar-refractivity contribution < 1.29 is 9.53 Å². The molecule has 26 heavy (non-hydrogen) atoms. The van der Waals surface area contributed by atoms with Crippen LogP contribution in [0.5, 0.6) is 5.75 Å². The molecular weight excluding hydrogens is 326 g/mol. The number of nitrogens with one attached hydrogen (secondary N) is 1. The fraction of sp³-hybridized carbons (Fsp3) is 0.238. The van der Waals surface area contributed by atoms with Crippen molar-refractivity contribution in [2.45, 2.75) is 32.9 Å². The van der Waals surface area contributed by atoms with Gasteiger partial charge in [0.15, 0.2) is 5.75 Å². The van der Waals surface area contributed by atoms with Crippen LogP contribution >= 0.6 is 0 Å². The van der Waals surface area contributed by atoms with Gasteiger partial charge in [0.1, 0.15) is 5.52 Å². The second-order valence-electron chi connectivity index (χ2n) is 6.81. The molecule has 3 rings (SSSR count). The van der Waals surface area contributed by atoms with Crippen LogP contribution in [0.4, 0.5) is 4.79 Å². The summed E-state index contributed by atoms with van der Waals surface area (Å²) in [4.78, 5) is 15.5. The minimum absolute atomic E-state index is 0.0138. The van der Waals surface area contributed by atoms with E-state index in [9.17, 15) is 4.79 Å². The summed E-state index contributed by atoms with van der Waals surface area (Å²) < 4.78 is 4.98. The predicted molar refractivity (Wildman–Crippen MR) is 105 cm³/mol. The Hall–Kier alpha value is -2.92. The number of carbonyl (C=O) groups excluding carboxylic acids is 1. The molecule has 5 nitrogen and oxygen atoms in total. The van der Waals surface area contributed by atoms with E-state index in [0.29, 0.717) is 17.8 Å². The summed E-state index contributed by atoms with van der Waals surface area (Å²) >= 11 is 0. The highest BCUT2D eigenvalue weighted by atomic mass is 16.5. The molecule has 0 unspecified atom stereocenters. The minimum Gasteiger partial charge on any atom is -0.408 e. The number of benzene rings is 2. The lowest BCUT2D eigenvalue weighted by molar-refractivity contribution is 0.211. The summed E-state index contributed by atoms with van der Waals surface area (Å²) in [5.74, 6) is 0.382. The smallest absolute Gasteiger partial charge is 0.408 e. The number of pyridine rings is 1. The number of rotatable bonds is 3. The standard InChI is InChI=1S/C15H19N3O2.C6H6/c1-15(2,3)17-9-11-8-7-10-5-4-6-12(13(10)18-11)20-14(16)19;1-2-4-6-5-3-1/h4-8,17H,9H2,1-3H3,(H2,16,19);1-6H. The van der Waals surface area contributed by atoms with Crippen molar-refractivity contribution in [1.82, 2.24) is 10.3 Å². The molecular formula is C21H25N3O2. The second kappa shape index (κ2) is 8.97. The van der Waals surface area contributed by atoms with E-state index in [-0.39, 0.29) is 5.54 Å². The fourth-order valence-electron chi connectivity index (χ4n) is 2.19. The third-order valence-corrected chi connectivity index (χ3v) is 3.42. The monoisotopic (exact) mass is 351 g/mol. The molecule has 5 heteroatoms. The number of aromatic nitrogens is 1. The summed E-state index contributed by atoms with van der Waals surface area (Å²) in [6.45, 7) is 6.92. The van der Waals surface area contributed by atoms with Crippen LogP contribution in [0.3, 0.4) is 0 Å². The van der Waals surface area contributed by atoms with Gasteiger partial charge in [-0.25, -0.2) is 9.78 Å². The molecule has 0 aliphatic rings. The molecule has 0 bridgehead atoms. The molecule has 0 atom stereocenters. The first-order valence-electron chi connectivity index (χ1n) is 8.46. The number of nitrogens with zero attached hydrogens (tertiary/aromatic N) is 1. The number of hydrogen-bond donors (Lipinski definition) is 2. The van der Waals surface area contributed by atoms with Gasteiger partial charge in [-0.1, -0.05) is 54.6 Å². The first-order chi connectivity index (χ1) is 12.3. The molecule has 3 aromatic rings. The highest BCUT2D eigenvalue weighted by Gasteiger charge is 2.11. The lowest BCUT2D eigenvalue weighted by Gasteiger charge is -2.20. The van der Waals surface area contributed by atoms with E-state index >= 15 is 0 Å². The zero-order valence-electron chi connectivity index (χ0n) is 15.4. The molecule has 0 saturated carbocycles. The molecule has 3 N–H and O–H groups in total. The third kappa shape index (κ3) is 6.53. The van der Waals surface area contributed by atoms with Gasteiger partial charge < -0.3 is 15.8 Å². The maximum Gasteiger partial charge on any atom is 0.410 e. The van der Waals surface area contributed by atoms with Crippen molar-refractivity contribution in [2.24, 2.45) is 5.73 Å². The summed E-state index contributed by atoms with van der Waals surface area (Å²) in [7, 11) is 0. The number of nitrogens with two attached hydrogens (primary N) is 1. The van der Waals surface area contributed by atoms with Crippen molar-refractivity contribution in [3.05, 3.63) is 72.4 Å². The normalized spacial score (nSPS) is 10.7. The van der Waals surface area contributed by atoms with Gasteiger partial charge in [0, 0.05) is 17.5 Å². The van der Waals surface area contributed by atoms with Gasteiger partial charge in [-0.15, -0.1) is 0 Å². The SMILES string of the molecule is CC(C)(C)NCc1ccc2cccc(OC(N)=O)c2n1.c1ccccc1. The molecule has 0 spiro atoms. The Morgan fingerprint density at radius 2 is 1.62 bits per heavy atom. The van der Waals surface area contributed by atoms with Crippen LogP contribution in [0.1, 0.15) is 26.5 Å². The van der Waals surface area contributed by atoms with Crippen LogP contribution in [0.15, 0.2) is 66.7 Å². The number of fused-ring (bicyclic) bond motifs is 1. The Kier molecular flexibility index (Phi) is 6.69. The maximum atomic E-state index is 10.9. The minimum atomic E-state index is -0.836. The summed E-state index contributed by atoms with van der Waals surface area (Å²) in [6, 6.07) is 21.3. The van der Waals surface area contributed by atoms with E-state index < -0.39 is 6.09 Å². The van der Waals surface area contributed by atoms with Gasteiger partial charge in [0.05, 0.1) is 5.69 Å². The number of amides is 1.